The molecular formula is C20H17N5O3S3. The largest absolute Gasteiger partial charge is 0.494 e. The molecule has 0 atom stereocenters. The highest BCUT2D eigenvalue weighted by Crippen LogP contribution is 2.27. The fourth-order valence-electron chi connectivity index (χ4n) is 2.56. The van der Waals surface area contributed by atoms with Gasteiger partial charge in [-0.1, -0.05) is 35.2 Å². The SMILES string of the molecule is CCOc1ccc(NC(=O)CSc2nnc(NC(=O)c3nc4ccccc4s3)s2)cc1. The molecule has 4 aromatic rings. The standard InChI is InChI=1S/C20H17N5O3S3/c1-2-28-13-9-7-12(8-10-13)21-16(26)11-29-20-25-24-19(31-20)23-17(27)18-22-14-5-3-4-6-15(14)30-18/h3-10H,2,11H2,1H3,(H,21,26)(H,23,24,27). The number of amides is 2. The molecule has 2 aromatic heterocycles. The van der Waals surface area contributed by atoms with Crippen molar-refractivity contribution in [2.75, 3.05) is 23.0 Å². The van der Waals surface area contributed by atoms with Crippen molar-refractivity contribution in [3.63, 3.8) is 0 Å². The minimum absolute atomic E-state index is 0.163. The Balaban J connectivity index is 1.28. The van der Waals surface area contributed by atoms with Gasteiger partial charge in [0.1, 0.15) is 5.75 Å². The molecule has 0 radical (unpaired) electrons. The van der Waals surface area contributed by atoms with Gasteiger partial charge in [-0.15, -0.1) is 21.5 Å². The number of nitrogens with zero attached hydrogens (tertiary/aromatic N) is 3. The smallest absolute Gasteiger partial charge is 0.286 e. The molecule has 2 amide bonds. The van der Waals surface area contributed by atoms with Crippen molar-refractivity contribution in [1.82, 2.24) is 15.2 Å². The lowest BCUT2D eigenvalue weighted by molar-refractivity contribution is -0.113. The zero-order valence-electron chi connectivity index (χ0n) is 16.3. The molecule has 0 bridgehead atoms. The van der Waals surface area contributed by atoms with Crippen LogP contribution in [0.3, 0.4) is 0 Å². The van der Waals surface area contributed by atoms with Gasteiger partial charge in [-0.25, -0.2) is 4.98 Å². The fourth-order valence-corrected chi connectivity index (χ4v) is 4.97. The molecule has 2 aromatic carbocycles. The van der Waals surface area contributed by atoms with E-state index in [1.165, 1.54) is 34.4 Å². The summed E-state index contributed by atoms with van der Waals surface area (Å²) in [6.45, 7) is 2.51. The number of anilines is 2. The lowest BCUT2D eigenvalue weighted by Crippen LogP contribution is -2.13. The molecule has 0 unspecified atom stereocenters. The lowest BCUT2D eigenvalue weighted by atomic mass is 10.3. The van der Waals surface area contributed by atoms with Gasteiger partial charge >= 0.3 is 0 Å². The van der Waals surface area contributed by atoms with Crippen LogP contribution in [0, 0.1) is 0 Å². The summed E-state index contributed by atoms with van der Waals surface area (Å²) >= 11 is 3.78. The molecule has 4 rings (SSSR count). The summed E-state index contributed by atoms with van der Waals surface area (Å²) in [6.07, 6.45) is 0. The number of fused-ring (bicyclic) bond motifs is 1. The zero-order chi connectivity index (χ0) is 21.6. The average molecular weight is 472 g/mol. The first kappa shape index (κ1) is 21.2. The molecule has 2 N–H and O–H groups in total. The summed E-state index contributed by atoms with van der Waals surface area (Å²) < 4.78 is 6.91. The third kappa shape index (κ3) is 5.57. The summed E-state index contributed by atoms with van der Waals surface area (Å²) in [5.74, 6) is 0.434. The van der Waals surface area contributed by atoms with Crippen LogP contribution in [0.2, 0.25) is 0 Å². The van der Waals surface area contributed by atoms with E-state index in [4.69, 9.17) is 4.74 Å². The van der Waals surface area contributed by atoms with E-state index in [0.717, 1.165) is 16.0 Å². The van der Waals surface area contributed by atoms with Gasteiger partial charge in [-0.05, 0) is 43.3 Å². The van der Waals surface area contributed by atoms with E-state index in [-0.39, 0.29) is 17.6 Å². The number of hydrogen-bond donors (Lipinski definition) is 2. The maximum Gasteiger partial charge on any atom is 0.286 e. The molecule has 31 heavy (non-hydrogen) atoms. The van der Waals surface area contributed by atoms with Gasteiger partial charge in [-0.2, -0.15) is 0 Å². The Kier molecular flexibility index (Phi) is 6.75. The van der Waals surface area contributed by atoms with Gasteiger partial charge in [0.15, 0.2) is 9.35 Å². The normalized spacial score (nSPS) is 10.7. The Morgan fingerprint density at radius 3 is 2.61 bits per heavy atom. The molecule has 2 heterocycles. The van der Waals surface area contributed by atoms with E-state index in [2.05, 4.69) is 25.8 Å². The van der Waals surface area contributed by atoms with E-state index in [1.807, 2.05) is 31.2 Å². The van der Waals surface area contributed by atoms with Crippen LogP contribution in [0.25, 0.3) is 10.2 Å². The summed E-state index contributed by atoms with van der Waals surface area (Å²) in [4.78, 5) is 28.9. The number of aromatic nitrogens is 3. The molecule has 0 saturated carbocycles. The van der Waals surface area contributed by atoms with Crippen molar-refractivity contribution in [1.29, 1.82) is 0 Å². The maximum atomic E-state index is 12.4. The molecule has 0 aliphatic heterocycles. The highest BCUT2D eigenvalue weighted by atomic mass is 32.2. The first-order valence-electron chi connectivity index (χ1n) is 9.26. The Hall–Kier alpha value is -3.02. The highest BCUT2D eigenvalue weighted by Gasteiger charge is 2.15. The third-order valence-electron chi connectivity index (χ3n) is 3.89. The number of carbonyl (C=O) groups excluding carboxylic acids is 2. The van der Waals surface area contributed by atoms with Crippen LogP contribution in [-0.2, 0) is 4.79 Å². The van der Waals surface area contributed by atoms with Gasteiger partial charge in [0.25, 0.3) is 5.91 Å². The number of benzene rings is 2. The molecule has 0 spiro atoms. The Morgan fingerprint density at radius 1 is 1.03 bits per heavy atom. The number of hydrogen-bond acceptors (Lipinski definition) is 9. The summed E-state index contributed by atoms with van der Waals surface area (Å²) in [5.41, 5.74) is 1.47. The van der Waals surface area contributed by atoms with Crippen molar-refractivity contribution in [2.24, 2.45) is 0 Å². The first-order valence-corrected chi connectivity index (χ1v) is 11.9. The van der Waals surface area contributed by atoms with E-state index in [1.54, 1.807) is 24.3 Å². The monoisotopic (exact) mass is 471 g/mol. The van der Waals surface area contributed by atoms with Crippen LogP contribution in [-0.4, -0.2) is 39.4 Å². The summed E-state index contributed by atoms with van der Waals surface area (Å²) in [5, 5.41) is 14.2. The lowest BCUT2D eigenvalue weighted by Gasteiger charge is -2.06. The summed E-state index contributed by atoms with van der Waals surface area (Å²) in [6, 6.07) is 14.7. The number of rotatable bonds is 8. The highest BCUT2D eigenvalue weighted by molar-refractivity contribution is 8.01. The van der Waals surface area contributed by atoms with Crippen molar-refractivity contribution in [3.05, 3.63) is 53.5 Å². The van der Waals surface area contributed by atoms with Gasteiger partial charge in [0, 0.05) is 5.69 Å². The van der Waals surface area contributed by atoms with Crippen LogP contribution < -0.4 is 15.4 Å². The van der Waals surface area contributed by atoms with Crippen LogP contribution in [0.1, 0.15) is 16.7 Å². The van der Waals surface area contributed by atoms with E-state index < -0.39 is 0 Å². The van der Waals surface area contributed by atoms with Crippen LogP contribution in [0.4, 0.5) is 10.8 Å². The van der Waals surface area contributed by atoms with Crippen LogP contribution >= 0.6 is 34.4 Å². The van der Waals surface area contributed by atoms with Gasteiger partial charge < -0.3 is 10.1 Å². The van der Waals surface area contributed by atoms with E-state index in [9.17, 15) is 9.59 Å². The number of thiazole rings is 1. The number of carbonyl (C=O) groups is 2. The van der Waals surface area contributed by atoms with Crippen molar-refractivity contribution in [3.8, 4) is 5.75 Å². The van der Waals surface area contributed by atoms with E-state index in [0.29, 0.717) is 26.8 Å². The number of ether oxygens (including phenoxy) is 1. The second-order valence-electron chi connectivity index (χ2n) is 6.11. The first-order chi connectivity index (χ1) is 15.1. The molecule has 0 aliphatic carbocycles. The Morgan fingerprint density at radius 2 is 1.84 bits per heavy atom. The minimum Gasteiger partial charge on any atom is -0.494 e. The van der Waals surface area contributed by atoms with Crippen LogP contribution in [0.15, 0.2) is 52.9 Å². The second-order valence-corrected chi connectivity index (χ2v) is 9.34. The van der Waals surface area contributed by atoms with Crippen molar-refractivity contribution < 1.29 is 14.3 Å². The van der Waals surface area contributed by atoms with Crippen molar-refractivity contribution in [2.45, 2.75) is 11.3 Å². The minimum atomic E-state index is -0.331. The average Bonchev–Trinajstić information content (AvgIpc) is 3.40. The topological polar surface area (TPSA) is 106 Å². The molecule has 11 heteroatoms. The molecule has 0 aliphatic rings. The Labute approximate surface area is 190 Å². The molecule has 158 valence electrons. The summed E-state index contributed by atoms with van der Waals surface area (Å²) in [7, 11) is 0. The predicted molar refractivity (Wildman–Crippen MR) is 124 cm³/mol. The van der Waals surface area contributed by atoms with Crippen molar-refractivity contribution >= 4 is 67.3 Å². The van der Waals surface area contributed by atoms with Gasteiger partial charge in [0.05, 0.1) is 22.6 Å². The molecular weight excluding hydrogens is 454 g/mol. The number of para-hydroxylation sites is 1. The molecule has 8 nitrogen and oxygen atoms in total. The molecule has 0 saturated heterocycles. The number of nitrogens with one attached hydrogen (secondary N) is 2. The fraction of sp³-hybridized carbons (Fsp3) is 0.150. The Bertz CT molecular complexity index is 1170. The van der Waals surface area contributed by atoms with Gasteiger partial charge in [0.2, 0.25) is 11.0 Å². The van der Waals surface area contributed by atoms with Gasteiger partial charge in [-0.3, -0.25) is 14.9 Å². The number of thioether (sulfide) groups is 1. The second kappa shape index (κ2) is 9.86. The molecule has 0 fully saturated rings. The quantitative estimate of drug-likeness (QED) is 0.287. The van der Waals surface area contributed by atoms with E-state index >= 15 is 0 Å². The third-order valence-corrected chi connectivity index (χ3v) is 6.90. The maximum absolute atomic E-state index is 12.4. The van der Waals surface area contributed by atoms with Crippen LogP contribution in [0.5, 0.6) is 5.75 Å². The zero-order valence-corrected chi connectivity index (χ0v) is 18.8. The predicted octanol–water partition coefficient (Wildman–Crippen LogP) is 4.53.